The van der Waals surface area contributed by atoms with Crippen LogP contribution >= 0.6 is 0 Å². The number of unbranched alkanes of at least 4 members (excludes halogenated alkanes) is 1. The summed E-state index contributed by atoms with van der Waals surface area (Å²) in [4.78, 5) is 11.2. The molecule has 1 N–H and O–H groups in total. The first-order valence-corrected chi connectivity index (χ1v) is 6.81. The van der Waals surface area contributed by atoms with Gasteiger partial charge in [-0.05, 0) is 51.5 Å². The van der Waals surface area contributed by atoms with Gasteiger partial charge in [0.1, 0.15) is 0 Å². The van der Waals surface area contributed by atoms with Crippen LogP contribution < -0.4 is 0 Å². The number of carbonyl (C=O) groups excluding carboxylic acids is 1. The Labute approximate surface area is 110 Å². The molecule has 0 radical (unpaired) electrons. The minimum absolute atomic E-state index is 0.0242. The lowest BCUT2D eigenvalue weighted by molar-refractivity contribution is -0.147. The number of rotatable bonds is 7. The van der Waals surface area contributed by atoms with Crippen LogP contribution in [0.15, 0.2) is 23.8 Å². The Morgan fingerprint density at radius 3 is 2.94 bits per heavy atom. The summed E-state index contributed by atoms with van der Waals surface area (Å²) in [5.74, 6) is -0.118. The molecule has 3 nitrogen and oxygen atoms in total. The number of carbonyl (C=O) groups is 1. The minimum Gasteiger partial charge on any atom is -0.463 e. The number of ether oxygens (including phenoxy) is 1. The van der Waals surface area contributed by atoms with E-state index in [1.807, 2.05) is 13.8 Å². The molecule has 1 atom stereocenters. The molecule has 1 aliphatic rings. The van der Waals surface area contributed by atoms with E-state index < -0.39 is 0 Å². The van der Waals surface area contributed by atoms with Crippen molar-refractivity contribution < 1.29 is 14.6 Å². The number of aliphatic hydroxyl groups is 1. The summed E-state index contributed by atoms with van der Waals surface area (Å²) >= 11 is 0. The quantitative estimate of drug-likeness (QED) is 0.430. The lowest BCUT2D eigenvalue weighted by Crippen LogP contribution is -2.10. The van der Waals surface area contributed by atoms with Crippen LogP contribution in [0.3, 0.4) is 0 Å². The minimum atomic E-state index is -0.240. The third-order valence-corrected chi connectivity index (χ3v) is 2.91. The normalized spacial score (nSPS) is 19.6. The summed E-state index contributed by atoms with van der Waals surface area (Å²) in [5, 5.41) is 9.58. The SMILES string of the molecule is CC(C)OC(=O)CCC/C=C\CC1=CCCC1O. The van der Waals surface area contributed by atoms with Crippen molar-refractivity contribution in [2.75, 3.05) is 0 Å². The Kier molecular flexibility index (Phi) is 6.73. The highest BCUT2D eigenvalue weighted by molar-refractivity contribution is 5.69. The largest absolute Gasteiger partial charge is 0.463 e. The topological polar surface area (TPSA) is 46.5 Å². The summed E-state index contributed by atoms with van der Waals surface area (Å²) in [7, 11) is 0. The van der Waals surface area contributed by atoms with E-state index in [1.54, 1.807) is 0 Å². The molecule has 0 aliphatic heterocycles. The van der Waals surface area contributed by atoms with Crippen LogP contribution in [0.1, 0.15) is 52.4 Å². The number of hydrogen-bond donors (Lipinski definition) is 1. The summed E-state index contributed by atoms with van der Waals surface area (Å²) in [6.45, 7) is 3.72. The van der Waals surface area contributed by atoms with Gasteiger partial charge in [0.15, 0.2) is 0 Å². The van der Waals surface area contributed by atoms with Gasteiger partial charge in [0.2, 0.25) is 0 Å². The second kappa shape index (κ2) is 8.09. The summed E-state index contributed by atoms with van der Waals surface area (Å²) in [5.41, 5.74) is 1.13. The zero-order chi connectivity index (χ0) is 13.4. The Morgan fingerprint density at radius 2 is 2.33 bits per heavy atom. The van der Waals surface area contributed by atoms with E-state index >= 15 is 0 Å². The van der Waals surface area contributed by atoms with Gasteiger partial charge in [-0.1, -0.05) is 18.2 Å². The Bertz CT molecular complexity index is 316. The molecule has 1 rings (SSSR count). The van der Waals surface area contributed by atoms with Gasteiger partial charge in [-0.25, -0.2) is 0 Å². The summed E-state index contributed by atoms with van der Waals surface area (Å²) in [6.07, 6.45) is 10.9. The lowest BCUT2D eigenvalue weighted by Gasteiger charge is -2.06. The average molecular weight is 252 g/mol. The monoisotopic (exact) mass is 252 g/mol. The molecular weight excluding hydrogens is 228 g/mol. The molecule has 0 saturated heterocycles. The second-order valence-electron chi connectivity index (χ2n) is 4.98. The first kappa shape index (κ1) is 15.0. The average Bonchev–Trinajstić information content (AvgIpc) is 2.68. The predicted molar refractivity (Wildman–Crippen MR) is 72.2 cm³/mol. The summed E-state index contributed by atoms with van der Waals surface area (Å²) in [6, 6.07) is 0. The highest BCUT2D eigenvalue weighted by atomic mass is 16.5. The molecule has 0 aromatic carbocycles. The molecule has 102 valence electrons. The van der Waals surface area contributed by atoms with Gasteiger partial charge in [-0.2, -0.15) is 0 Å². The molecular formula is C15H24O3. The molecule has 0 spiro atoms. The van der Waals surface area contributed by atoms with Gasteiger partial charge in [0.05, 0.1) is 12.2 Å². The van der Waals surface area contributed by atoms with E-state index in [2.05, 4.69) is 18.2 Å². The van der Waals surface area contributed by atoms with Crippen LogP contribution in [0.4, 0.5) is 0 Å². The fourth-order valence-electron chi connectivity index (χ4n) is 1.99. The van der Waals surface area contributed by atoms with Crippen molar-refractivity contribution in [2.24, 2.45) is 0 Å². The number of aliphatic hydroxyl groups excluding tert-OH is 1. The Hall–Kier alpha value is -1.09. The van der Waals surface area contributed by atoms with Gasteiger partial charge < -0.3 is 9.84 Å². The second-order valence-corrected chi connectivity index (χ2v) is 4.98. The van der Waals surface area contributed by atoms with Gasteiger partial charge in [0.25, 0.3) is 0 Å². The smallest absolute Gasteiger partial charge is 0.306 e. The van der Waals surface area contributed by atoms with Gasteiger partial charge >= 0.3 is 5.97 Å². The lowest BCUT2D eigenvalue weighted by atomic mass is 10.1. The van der Waals surface area contributed by atoms with E-state index in [-0.39, 0.29) is 18.2 Å². The highest BCUT2D eigenvalue weighted by Crippen LogP contribution is 2.21. The number of allylic oxidation sites excluding steroid dienone is 3. The standard InChI is InChI=1S/C15H24O3/c1-12(2)18-15(17)11-6-4-3-5-8-13-9-7-10-14(13)16/h3,5,9,12,14,16H,4,6-8,10-11H2,1-2H3/b5-3-. The van der Waals surface area contributed by atoms with Crippen molar-refractivity contribution in [3.05, 3.63) is 23.8 Å². The van der Waals surface area contributed by atoms with Crippen LogP contribution in [0, 0.1) is 0 Å². The Morgan fingerprint density at radius 1 is 1.56 bits per heavy atom. The molecule has 1 unspecified atom stereocenters. The van der Waals surface area contributed by atoms with Crippen LogP contribution in [0.2, 0.25) is 0 Å². The zero-order valence-corrected chi connectivity index (χ0v) is 11.4. The van der Waals surface area contributed by atoms with Crippen molar-refractivity contribution >= 4 is 5.97 Å². The molecule has 0 aromatic heterocycles. The third kappa shape index (κ3) is 6.01. The van der Waals surface area contributed by atoms with Crippen LogP contribution in [0.5, 0.6) is 0 Å². The molecule has 3 heteroatoms. The fourth-order valence-corrected chi connectivity index (χ4v) is 1.99. The van der Waals surface area contributed by atoms with Crippen molar-refractivity contribution in [3.63, 3.8) is 0 Å². The van der Waals surface area contributed by atoms with Crippen molar-refractivity contribution in [1.82, 2.24) is 0 Å². The maximum absolute atomic E-state index is 11.2. The molecule has 0 amide bonds. The first-order chi connectivity index (χ1) is 8.59. The van der Waals surface area contributed by atoms with Crippen molar-refractivity contribution in [2.45, 2.75) is 64.6 Å². The zero-order valence-electron chi connectivity index (χ0n) is 11.4. The Balaban J connectivity index is 2.05. The van der Waals surface area contributed by atoms with Gasteiger partial charge in [-0.15, -0.1) is 0 Å². The summed E-state index contributed by atoms with van der Waals surface area (Å²) < 4.78 is 5.05. The number of esters is 1. The van der Waals surface area contributed by atoms with E-state index in [0.717, 1.165) is 37.7 Å². The van der Waals surface area contributed by atoms with Crippen LogP contribution in [0.25, 0.3) is 0 Å². The van der Waals surface area contributed by atoms with E-state index in [9.17, 15) is 9.90 Å². The van der Waals surface area contributed by atoms with Gasteiger partial charge in [-0.3, -0.25) is 4.79 Å². The van der Waals surface area contributed by atoms with Crippen molar-refractivity contribution in [1.29, 1.82) is 0 Å². The van der Waals surface area contributed by atoms with Crippen LogP contribution in [-0.4, -0.2) is 23.3 Å². The molecule has 0 heterocycles. The molecule has 1 aliphatic carbocycles. The van der Waals surface area contributed by atoms with E-state index in [4.69, 9.17) is 4.74 Å². The van der Waals surface area contributed by atoms with Crippen LogP contribution in [-0.2, 0) is 9.53 Å². The third-order valence-electron chi connectivity index (χ3n) is 2.91. The van der Waals surface area contributed by atoms with E-state index in [0.29, 0.717) is 6.42 Å². The molecule has 0 saturated carbocycles. The van der Waals surface area contributed by atoms with E-state index in [1.165, 1.54) is 0 Å². The molecule has 0 bridgehead atoms. The first-order valence-electron chi connectivity index (χ1n) is 6.81. The predicted octanol–water partition coefficient (Wildman–Crippen LogP) is 3.14. The molecule has 0 fully saturated rings. The van der Waals surface area contributed by atoms with Gasteiger partial charge in [0, 0.05) is 6.42 Å². The highest BCUT2D eigenvalue weighted by Gasteiger charge is 2.13. The molecule has 18 heavy (non-hydrogen) atoms. The maximum atomic E-state index is 11.2. The molecule has 0 aromatic rings. The number of hydrogen-bond acceptors (Lipinski definition) is 3. The van der Waals surface area contributed by atoms with Crippen molar-refractivity contribution in [3.8, 4) is 0 Å². The maximum Gasteiger partial charge on any atom is 0.306 e. The fraction of sp³-hybridized carbons (Fsp3) is 0.667.